The second-order valence-corrected chi connectivity index (χ2v) is 7.99. The average Bonchev–Trinajstić information content (AvgIpc) is 3.25. The first-order valence-electron chi connectivity index (χ1n) is 7.76. The lowest BCUT2D eigenvalue weighted by Gasteiger charge is -2.28. The van der Waals surface area contributed by atoms with Crippen LogP contribution in [0.3, 0.4) is 0 Å². The third-order valence-corrected chi connectivity index (χ3v) is 5.44. The van der Waals surface area contributed by atoms with Crippen LogP contribution in [0.2, 0.25) is 0 Å². The molecule has 0 unspecified atom stereocenters. The summed E-state index contributed by atoms with van der Waals surface area (Å²) >= 11 is 0. The van der Waals surface area contributed by atoms with Gasteiger partial charge < -0.3 is 13.8 Å². The molecule has 0 aromatic carbocycles. The molecule has 0 atom stereocenters. The van der Waals surface area contributed by atoms with Gasteiger partial charge in [0.05, 0.1) is 12.5 Å². The van der Waals surface area contributed by atoms with Crippen molar-refractivity contribution in [3.05, 3.63) is 30.1 Å². The largest absolute Gasteiger partial charge is 0.438 e. The molecule has 0 radical (unpaired) electrons. The van der Waals surface area contributed by atoms with Gasteiger partial charge in [-0.3, -0.25) is 4.79 Å². The molecule has 11 heteroatoms. The highest BCUT2D eigenvalue weighted by atomic mass is 32.2. The van der Waals surface area contributed by atoms with Gasteiger partial charge in [-0.1, -0.05) is 5.16 Å². The van der Waals surface area contributed by atoms with E-state index in [1.807, 2.05) is 0 Å². The third-order valence-electron chi connectivity index (χ3n) is 4.13. The average molecular weight is 369 g/mol. The molecular weight excluding hydrogens is 350 g/mol. The maximum Gasteiger partial charge on any atom is 0.291 e. The van der Waals surface area contributed by atoms with Gasteiger partial charge in [-0.2, -0.15) is 4.98 Å². The Hall–Kier alpha value is -2.27. The molecule has 1 aliphatic rings. The number of oxazole rings is 1. The molecule has 0 bridgehead atoms. The zero-order valence-corrected chi connectivity index (χ0v) is 14.8. The van der Waals surface area contributed by atoms with Gasteiger partial charge in [0.1, 0.15) is 6.54 Å². The maximum atomic E-state index is 12.1. The number of aromatic nitrogens is 3. The summed E-state index contributed by atoms with van der Waals surface area (Å²) in [5.74, 6) is 0.708. The van der Waals surface area contributed by atoms with Crippen LogP contribution in [0.1, 0.15) is 41.0 Å². The molecule has 2 aromatic rings. The maximum absolute atomic E-state index is 12.1. The minimum Gasteiger partial charge on any atom is -0.438 e. The Bertz CT molecular complexity index is 824. The van der Waals surface area contributed by atoms with Gasteiger partial charge in [0, 0.05) is 26.1 Å². The number of piperidine rings is 1. The van der Waals surface area contributed by atoms with Crippen LogP contribution in [-0.4, -0.2) is 65.0 Å². The summed E-state index contributed by atoms with van der Waals surface area (Å²) < 4.78 is 34.7. The van der Waals surface area contributed by atoms with Gasteiger partial charge in [0.25, 0.3) is 5.91 Å². The van der Waals surface area contributed by atoms with E-state index in [-0.39, 0.29) is 24.1 Å². The molecule has 3 rings (SSSR count). The second kappa shape index (κ2) is 6.92. The van der Waals surface area contributed by atoms with Crippen molar-refractivity contribution in [1.82, 2.24) is 24.3 Å². The van der Waals surface area contributed by atoms with Gasteiger partial charge in [-0.05, 0) is 12.8 Å². The molecule has 25 heavy (non-hydrogen) atoms. The van der Waals surface area contributed by atoms with E-state index in [0.717, 1.165) is 0 Å². The lowest BCUT2D eigenvalue weighted by Crippen LogP contribution is -2.37. The van der Waals surface area contributed by atoms with Crippen LogP contribution in [0, 0.1) is 0 Å². The minimum absolute atomic E-state index is 0.0470. The number of rotatable bonds is 5. The van der Waals surface area contributed by atoms with Gasteiger partial charge in [0.2, 0.25) is 21.7 Å². The monoisotopic (exact) mass is 369 g/mol. The Morgan fingerprint density at radius 3 is 2.72 bits per heavy atom. The van der Waals surface area contributed by atoms with Gasteiger partial charge in [-0.25, -0.2) is 17.7 Å². The van der Waals surface area contributed by atoms with Crippen LogP contribution in [0.5, 0.6) is 0 Å². The van der Waals surface area contributed by atoms with Crippen LogP contribution in [0.25, 0.3) is 0 Å². The van der Waals surface area contributed by atoms with E-state index >= 15 is 0 Å². The Labute approximate surface area is 144 Å². The van der Waals surface area contributed by atoms with Crippen molar-refractivity contribution in [2.75, 3.05) is 26.4 Å². The standard InChI is InChI=1S/C14H19N5O5S/c1-18(14(20)11-7-15-9-23-11)8-12-16-13(17-24-12)10-3-5-19(6-4-10)25(2,21)22/h7,9-10H,3-6,8H2,1-2H3. The van der Waals surface area contributed by atoms with Crippen molar-refractivity contribution in [1.29, 1.82) is 0 Å². The van der Waals surface area contributed by atoms with E-state index in [9.17, 15) is 13.2 Å². The number of nitrogens with zero attached hydrogens (tertiary/aromatic N) is 5. The third kappa shape index (κ3) is 4.04. The topological polar surface area (TPSA) is 123 Å². The van der Waals surface area contributed by atoms with E-state index in [1.165, 1.54) is 28.1 Å². The number of sulfonamides is 1. The van der Waals surface area contributed by atoms with E-state index < -0.39 is 10.0 Å². The molecule has 1 fully saturated rings. The minimum atomic E-state index is -3.16. The highest BCUT2D eigenvalue weighted by Crippen LogP contribution is 2.27. The summed E-state index contributed by atoms with van der Waals surface area (Å²) in [6.45, 7) is 1.03. The fraction of sp³-hybridized carbons (Fsp3) is 0.571. The van der Waals surface area contributed by atoms with E-state index in [1.54, 1.807) is 7.05 Å². The summed E-state index contributed by atoms with van der Waals surface area (Å²) in [6.07, 6.45) is 5.02. The number of carbonyl (C=O) groups excluding carboxylic acids is 1. The first-order valence-corrected chi connectivity index (χ1v) is 9.61. The van der Waals surface area contributed by atoms with Crippen molar-refractivity contribution in [3.63, 3.8) is 0 Å². The van der Waals surface area contributed by atoms with Gasteiger partial charge >= 0.3 is 0 Å². The van der Waals surface area contributed by atoms with Crippen molar-refractivity contribution < 1.29 is 22.2 Å². The number of carbonyl (C=O) groups is 1. The molecule has 0 spiro atoms. The molecule has 0 N–H and O–H groups in total. The summed E-state index contributed by atoms with van der Waals surface area (Å²) in [4.78, 5) is 21.5. The SMILES string of the molecule is CN(Cc1nc(C2CCN(S(C)(=O)=O)CC2)no1)C(=O)c1cnco1. The lowest BCUT2D eigenvalue weighted by molar-refractivity contribution is 0.0738. The highest BCUT2D eigenvalue weighted by molar-refractivity contribution is 7.88. The molecule has 1 saturated heterocycles. The normalized spacial score (nSPS) is 16.9. The van der Waals surface area contributed by atoms with E-state index in [0.29, 0.717) is 37.6 Å². The summed E-state index contributed by atoms with van der Waals surface area (Å²) in [7, 11) is -1.57. The number of amides is 1. The predicted octanol–water partition coefficient (Wildman–Crippen LogP) is 0.469. The Morgan fingerprint density at radius 2 is 2.12 bits per heavy atom. The van der Waals surface area contributed by atoms with Crippen LogP contribution in [0.15, 0.2) is 21.5 Å². The first kappa shape index (κ1) is 17.5. The molecule has 136 valence electrons. The molecule has 1 amide bonds. The van der Waals surface area contributed by atoms with Crippen molar-refractivity contribution in [2.45, 2.75) is 25.3 Å². The van der Waals surface area contributed by atoms with Crippen LogP contribution in [0.4, 0.5) is 0 Å². The predicted molar refractivity (Wildman–Crippen MR) is 85.0 cm³/mol. The van der Waals surface area contributed by atoms with Gasteiger partial charge in [0.15, 0.2) is 12.2 Å². The Morgan fingerprint density at radius 1 is 1.40 bits per heavy atom. The molecule has 2 aromatic heterocycles. The smallest absolute Gasteiger partial charge is 0.291 e. The van der Waals surface area contributed by atoms with Crippen molar-refractivity contribution in [2.24, 2.45) is 0 Å². The van der Waals surface area contributed by atoms with Gasteiger partial charge in [-0.15, -0.1) is 0 Å². The van der Waals surface area contributed by atoms with E-state index in [2.05, 4.69) is 15.1 Å². The van der Waals surface area contributed by atoms with Crippen molar-refractivity contribution in [3.8, 4) is 0 Å². The molecular formula is C14H19N5O5S. The van der Waals surface area contributed by atoms with Crippen LogP contribution in [-0.2, 0) is 16.6 Å². The Balaban J connectivity index is 1.59. The van der Waals surface area contributed by atoms with Crippen LogP contribution < -0.4 is 0 Å². The molecule has 10 nitrogen and oxygen atoms in total. The quantitative estimate of drug-likeness (QED) is 0.745. The van der Waals surface area contributed by atoms with E-state index in [4.69, 9.17) is 8.94 Å². The zero-order valence-electron chi connectivity index (χ0n) is 14.0. The van der Waals surface area contributed by atoms with Crippen LogP contribution >= 0.6 is 0 Å². The number of hydrogen-bond acceptors (Lipinski definition) is 8. The second-order valence-electron chi connectivity index (χ2n) is 6.01. The summed E-state index contributed by atoms with van der Waals surface area (Å²) in [5, 5.41) is 3.97. The number of hydrogen-bond donors (Lipinski definition) is 0. The molecule has 0 saturated carbocycles. The fourth-order valence-corrected chi connectivity index (χ4v) is 3.60. The molecule has 3 heterocycles. The highest BCUT2D eigenvalue weighted by Gasteiger charge is 2.29. The lowest BCUT2D eigenvalue weighted by atomic mass is 9.98. The zero-order chi connectivity index (χ0) is 18.0. The molecule has 0 aliphatic carbocycles. The molecule has 1 aliphatic heterocycles. The summed E-state index contributed by atoms with van der Waals surface area (Å²) in [6, 6.07) is 0. The van der Waals surface area contributed by atoms with Crippen molar-refractivity contribution >= 4 is 15.9 Å². The fourth-order valence-electron chi connectivity index (χ4n) is 2.73. The first-order chi connectivity index (χ1) is 11.8. The Kier molecular flexibility index (Phi) is 4.86. The summed E-state index contributed by atoms with van der Waals surface area (Å²) in [5.41, 5.74) is 0.